The Morgan fingerprint density at radius 1 is 1.44 bits per heavy atom. The molecule has 7 heteroatoms. The third-order valence-corrected chi connectivity index (χ3v) is 4.94. The molecule has 0 aromatic carbocycles. The number of rotatable bonds is 4. The Hall–Kier alpha value is -0.240. The van der Waals surface area contributed by atoms with Gasteiger partial charge < -0.3 is 5.11 Å². The van der Waals surface area contributed by atoms with E-state index in [0.29, 0.717) is 6.42 Å². The Morgan fingerprint density at radius 2 is 2.17 bits per heavy atom. The van der Waals surface area contributed by atoms with E-state index >= 15 is 0 Å². The molecule has 0 saturated carbocycles. The van der Waals surface area contributed by atoms with Gasteiger partial charge in [0.25, 0.3) is 0 Å². The number of aliphatic hydroxyl groups is 1. The van der Waals surface area contributed by atoms with Crippen LogP contribution in [0.2, 0.25) is 0 Å². The topological polar surface area (TPSA) is 50.9 Å². The van der Waals surface area contributed by atoms with Crippen LogP contribution < -0.4 is 0 Å². The van der Waals surface area contributed by atoms with Crippen LogP contribution in [0.4, 0.5) is 0 Å². The van der Waals surface area contributed by atoms with Gasteiger partial charge in [0.15, 0.2) is 0 Å². The predicted octanol–water partition coefficient (Wildman–Crippen LogP) is 3.72. The first kappa shape index (κ1) is 14.2. The van der Waals surface area contributed by atoms with Crippen molar-refractivity contribution in [2.24, 2.45) is 0 Å². The monoisotopic (exact) mass is 393 g/mol. The van der Waals surface area contributed by atoms with Crippen LogP contribution in [0.15, 0.2) is 20.0 Å². The lowest BCUT2D eigenvalue weighted by Gasteiger charge is -2.12. The van der Waals surface area contributed by atoms with Gasteiger partial charge in [-0.3, -0.25) is 0 Å². The van der Waals surface area contributed by atoms with Crippen LogP contribution in [0.3, 0.4) is 0 Å². The Labute approximate surface area is 126 Å². The van der Waals surface area contributed by atoms with Gasteiger partial charge in [0.1, 0.15) is 12.2 Å². The largest absolute Gasteiger partial charge is 0.388 e. The summed E-state index contributed by atoms with van der Waals surface area (Å²) in [5, 5.41) is 14.4. The molecule has 4 nitrogen and oxygen atoms in total. The minimum absolute atomic E-state index is 0.243. The Kier molecular flexibility index (Phi) is 4.58. The van der Waals surface area contributed by atoms with Gasteiger partial charge in [0.05, 0.1) is 13.7 Å². The summed E-state index contributed by atoms with van der Waals surface area (Å²) in [5.41, 5.74) is 0.880. The van der Waals surface area contributed by atoms with Gasteiger partial charge in [-0.05, 0) is 51.8 Å². The average molecular weight is 395 g/mol. The zero-order valence-electron chi connectivity index (χ0n) is 9.97. The van der Waals surface area contributed by atoms with E-state index in [1.54, 1.807) is 11.3 Å². The van der Waals surface area contributed by atoms with Crippen LogP contribution in [0.1, 0.15) is 37.4 Å². The fourth-order valence-corrected chi connectivity index (χ4v) is 4.67. The quantitative estimate of drug-likeness (QED) is 0.859. The number of nitrogens with zero attached hydrogens (tertiary/aromatic N) is 3. The lowest BCUT2D eigenvalue weighted by atomic mass is 10.1. The molecule has 1 unspecified atom stereocenters. The molecule has 0 aliphatic carbocycles. The van der Waals surface area contributed by atoms with Gasteiger partial charge in [-0.2, -0.15) is 5.10 Å². The molecule has 0 bridgehead atoms. The van der Waals surface area contributed by atoms with Crippen LogP contribution in [0.5, 0.6) is 0 Å². The van der Waals surface area contributed by atoms with Crippen molar-refractivity contribution in [3.8, 4) is 0 Å². The lowest BCUT2D eigenvalue weighted by molar-refractivity contribution is 0.173. The van der Waals surface area contributed by atoms with Crippen molar-refractivity contribution in [1.82, 2.24) is 14.8 Å². The molecule has 2 heterocycles. The predicted molar refractivity (Wildman–Crippen MR) is 78.8 cm³/mol. The van der Waals surface area contributed by atoms with Crippen LogP contribution in [0, 0.1) is 0 Å². The Balaban J connectivity index is 2.18. The van der Waals surface area contributed by atoms with E-state index in [2.05, 4.69) is 41.9 Å². The van der Waals surface area contributed by atoms with E-state index in [0.717, 1.165) is 19.0 Å². The highest BCUT2D eigenvalue weighted by molar-refractivity contribution is 9.12. The van der Waals surface area contributed by atoms with Crippen molar-refractivity contribution in [1.29, 1.82) is 0 Å². The first-order valence-electron chi connectivity index (χ1n) is 5.50. The van der Waals surface area contributed by atoms with Crippen molar-refractivity contribution in [2.45, 2.75) is 32.4 Å². The summed E-state index contributed by atoms with van der Waals surface area (Å²) in [6, 6.07) is 2.17. The minimum atomic E-state index is -0.580. The van der Waals surface area contributed by atoms with Gasteiger partial charge in [0, 0.05) is 18.0 Å². The van der Waals surface area contributed by atoms with E-state index in [4.69, 9.17) is 0 Å². The average Bonchev–Trinajstić information content (AvgIpc) is 2.85. The minimum Gasteiger partial charge on any atom is -0.388 e. The van der Waals surface area contributed by atoms with Gasteiger partial charge in [-0.25, -0.2) is 9.67 Å². The number of aliphatic hydroxyl groups excluding tert-OH is 1. The number of aromatic nitrogens is 3. The molecule has 98 valence electrons. The molecule has 0 fully saturated rings. The number of hydrogen-bond acceptors (Lipinski definition) is 4. The van der Waals surface area contributed by atoms with Crippen molar-refractivity contribution in [3.63, 3.8) is 0 Å². The highest BCUT2D eigenvalue weighted by Crippen LogP contribution is 2.36. The van der Waals surface area contributed by atoms with E-state index in [1.165, 1.54) is 6.33 Å². The lowest BCUT2D eigenvalue weighted by Crippen LogP contribution is -2.12. The molecule has 2 aromatic heterocycles. The molecule has 0 radical (unpaired) electrons. The molecular formula is C11H13Br2N3OS. The zero-order chi connectivity index (χ0) is 13.3. The smallest absolute Gasteiger partial charge is 0.138 e. The van der Waals surface area contributed by atoms with E-state index < -0.39 is 6.10 Å². The maximum atomic E-state index is 10.3. The van der Waals surface area contributed by atoms with Gasteiger partial charge in [-0.1, -0.05) is 0 Å². The molecule has 0 aliphatic rings. The van der Waals surface area contributed by atoms with Crippen molar-refractivity contribution in [2.75, 3.05) is 0 Å². The first-order chi connectivity index (χ1) is 8.49. The van der Waals surface area contributed by atoms with E-state index in [1.807, 2.05) is 24.6 Å². The summed E-state index contributed by atoms with van der Waals surface area (Å²) in [5.74, 6) is 0.798. The second-order valence-electron chi connectivity index (χ2n) is 4.21. The first-order valence-corrected chi connectivity index (χ1v) is 7.90. The third kappa shape index (κ3) is 3.01. The normalized spacial score (nSPS) is 13.2. The molecular weight excluding hydrogens is 382 g/mol. The highest BCUT2D eigenvalue weighted by Gasteiger charge is 2.18. The summed E-state index contributed by atoms with van der Waals surface area (Å²) in [6.45, 7) is 4.09. The number of halogens is 2. The van der Waals surface area contributed by atoms with Crippen molar-refractivity contribution < 1.29 is 5.11 Å². The summed E-state index contributed by atoms with van der Waals surface area (Å²) < 4.78 is 3.77. The fourth-order valence-electron chi connectivity index (χ4n) is 1.71. The van der Waals surface area contributed by atoms with E-state index in [-0.39, 0.29) is 6.04 Å². The van der Waals surface area contributed by atoms with Crippen LogP contribution in [-0.4, -0.2) is 19.9 Å². The van der Waals surface area contributed by atoms with Gasteiger partial charge in [0.2, 0.25) is 0 Å². The summed E-state index contributed by atoms with van der Waals surface area (Å²) in [4.78, 5) is 4.21. The Bertz CT molecular complexity index is 538. The maximum Gasteiger partial charge on any atom is 0.138 e. The van der Waals surface area contributed by atoms with Crippen molar-refractivity contribution in [3.05, 3.63) is 31.4 Å². The Morgan fingerprint density at radius 3 is 2.72 bits per heavy atom. The maximum absolute atomic E-state index is 10.3. The molecule has 2 rings (SSSR count). The molecule has 0 saturated heterocycles. The molecule has 0 spiro atoms. The summed E-state index contributed by atoms with van der Waals surface area (Å²) >= 11 is 8.42. The standard InChI is InChI=1S/C11H13Br2N3OS/c1-6(2)16-10(14-5-15-16)4-8(17)7-3-9(12)18-11(7)13/h3,5-6,8,17H,4H2,1-2H3. The van der Waals surface area contributed by atoms with Gasteiger partial charge in [-0.15, -0.1) is 11.3 Å². The third-order valence-electron chi connectivity index (χ3n) is 2.55. The van der Waals surface area contributed by atoms with Crippen molar-refractivity contribution >= 4 is 43.2 Å². The number of thiophene rings is 1. The molecule has 2 aromatic rings. The highest BCUT2D eigenvalue weighted by atomic mass is 79.9. The van der Waals surface area contributed by atoms with E-state index in [9.17, 15) is 5.11 Å². The van der Waals surface area contributed by atoms with Gasteiger partial charge >= 0.3 is 0 Å². The number of hydrogen-bond donors (Lipinski definition) is 1. The van der Waals surface area contributed by atoms with Crippen LogP contribution in [-0.2, 0) is 6.42 Å². The second kappa shape index (κ2) is 5.81. The van der Waals surface area contributed by atoms with Crippen LogP contribution >= 0.6 is 43.2 Å². The molecule has 0 amide bonds. The molecule has 0 aliphatic heterocycles. The zero-order valence-corrected chi connectivity index (χ0v) is 14.0. The summed E-state index contributed by atoms with van der Waals surface area (Å²) in [6.07, 6.45) is 1.41. The molecule has 18 heavy (non-hydrogen) atoms. The molecule has 1 N–H and O–H groups in total. The molecule has 1 atom stereocenters. The fraction of sp³-hybridized carbons (Fsp3) is 0.455. The second-order valence-corrected chi connectivity index (χ2v) is 7.96. The summed E-state index contributed by atoms with van der Waals surface area (Å²) in [7, 11) is 0. The SMILES string of the molecule is CC(C)n1ncnc1CC(O)c1cc(Br)sc1Br. The van der Waals surface area contributed by atoms with Crippen LogP contribution in [0.25, 0.3) is 0 Å².